The first kappa shape index (κ1) is 23.2. The minimum Gasteiger partial charge on any atom is -0.463 e. The highest BCUT2D eigenvalue weighted by Crippen LogP contribution is 2.15. The van der Waals surface area contributed by atoms with Gasteiger partial charge >= 0.3 is 11.9 Å². The summed E-state index contributed by atoms with van der Waals surface area (Å²) in [4.78, 5) is 23.8. The summed E-state index contributed by atoms with van der Waals surface area (Å²) in [7, 11) is 0. The highest BCUT2D eigenvalue weighted by molar-refractivity contribution is 5.74. The van der Waals surface area contributed by atoms with Crippen molar-refractivity contribution < 1.29 is 19.1 Å². The van der Waals surface area contributed by atoms with Crippen LogP contribution in [0.25, 0.3) is 0 Å². The number of hydrogen-bond donors (Lipinski definition) is 0. The lowest BCUT2D eigenvalue weighted by molar-refractivity contribution is -0.148. The summed E-state index contributed by atoms with van der Waals surface area (Å²) in [5.74, 6) is 0.0277. The summed E-state index contributed by atoms with van der Waals surface area (Å²) in [5, 5.41) is 0. The smallest absolute Gasteiger partial charge is 0.311 e. The number of unbranched alkanes of at least 4 members (excludes halogenated alkanes) is 5. The maximum Gasteiger partial charge on any atom is 0.311 e. The van der Waals surface area contributed by atoms with E-state index >= 15 is 0 Å². The van der Waals surface area contributed by atoms with Crippen LogP contribution >= 0.6 is 0 Å². The van der Waals surface area contributed by atoms with E-state index in [1.54, 1.807) is 6.07 Å². The largest absolute Gasteiger partial charge is 0.463 e. The topological polar surface area (TPSA) is 52.6 Å². The maximum atomic E-state index is 11.9. The van der Waals surface area contributed by atoms with Crippen LogP contribution in [0.15, 0.2) is 24.3 Å². The van der Waals surface area contributed by atoms with E-state index in [2.05, 4.69) is 13.8 Å². The second kappa shape index (κ2) is 14.2. The van der Waals surface area contributed by atoms with Gasteiger partial charge in [-0.15, -0.1) is 0 Å². The van der Waals surface area contributed by atoms with E-state index in [1.807, 2.05) is 25.1 Å². The van der Waals surface area contributed by atoms with Crippen molar-refractivity contribution in [2.75, 3.05) is 0 Å². The number of aryl methyl sites for hydroxylation is 1. The highest BCUT2D eigenvalue weighted by Gasteiger charge is 2.11. The normalized spacial score (nSPS) is 11.8. The van der Waals surface area contributed by atoms with Gasteiger partial charge in [-0.1, -0.05) is 58.1 Å². The summed E-state index contributed by atoms with van der Waals surface area (Å²) in [6.45, 7) is 6.21. The van der Waals surface area contributed by atoms with Gasteiger partial charge in [-0.05, 0) is 50.3 Å². The molecule has 0 aliphatic heterocycles. The number of carbonyl (C=O) groups excluding carboxylic acids is 2. The lowest BCUT2D eigenvalue weighted by atomic mass is 10.1. The van der Waals surface area contributed by atoms with Crippen LogP contribution in [0.1, 0.15) is 90.5 Å². The Hall–Kier alpha value is -1.84. The maximum absolute atomic E-state index is 11.9. The third-order valence-corrected chi connectivity index (χ3v) is 4.60. The Morgan fingerprint density at radius 2 is 1.63 bits per heavy atom. The van der Waals surface area contributed by atoms with Gasteiger partial charge in [-0.3, -0.25) is 9.59 Å². The molecule has 27 heavy (non-hydrogen) atoms. The van der Waals surface area contributed by atoms with Crippen molar-refractivity contribution in [3.63, 3.8) is 0 Å². The molecule has 0 bridgehead atoms. The fourth-order valence-electron chi connectivity index (χ4n) is 2.94. The molecule has 0 heterocycles. The monoisotopic (exact) mass is 376 g/mol. The molecule has 4 heteroatoms. The molecule has 1 aromatic rings. The van der Waals surface area contributed by atoms with Crippen molar-refractivity contribution in [2.45, 2.75) is 97.5 Å². The van der Waals surface area contributed by atoms with Gasteiger partial charge in [-0.2, -0.15) is 0 Å². The van der Waals surface area contributed by atoms with Gasteiger partial charge in [0.25, 0.3) is 0 Å². The number of ether oxygens (including phenoxy) is 2. The second-order valence-electron chi connectivity index (χ2n) is 7.19. The van der Waals surface area contributed by atoms with E-state index in [0.29, 0.717) is 12.2 Å². The fraction of sp³-hybridized carbons (Fsp3) is 0.652. The zero-order chi connectivity index (χ0) is 19.9. The molecule has 152 valence electrons. The van der Waals surface area contributed by atoms with Gasteiger partial charge in [0.2, 0.25) is 0 Å². The second-order valence-corrected chi connectivity index (χ2v) is 7.19. The Kier molecular flexibility index (Phi) is 12.2. The quantitative estimate of drug-likeness (QED) is 0.227. The molecule has 1 aromatic carbocycles. The van der Waals surface area contributed by atoms with Gasteiger partial charge in [0.15, 0.2) is 0 Å². The van der Waals surface area contributed by atoms with Gasteiger partial charge in [0.05, 0.1) is 6.10 Å². The lowest BCUT2D eigenvalue weighted by Gasteiger charge is -2.13. The summed E-state index contributed by atoms with van der Waals surface area (Å²) in [6, 6.07) is 7.52. The molecule has 0 aromatic heterocycles. The molecule has 1 rings (SSSR count). The molecule has 0 radical (unpaired) electrons. The Labute approximate surface area is 164 Å². The molecule has 0 N–H and O–H groups in total. The zero-order valence-corrected chi connectivity index (χ0v) is 17.3. The van der Waals surface area contributed by atoms with Crippen LogP contribution in [-0.2, 0) is 20.7 Å². The molecule has 0 fully saturated rings. The van der Waals surface area contributed by atoms with Gasteiger partial charge < -0.3 is 9.47 Å². The zero-order valence-electron chi connectivity index (χ0n) is 17.3. The predicted molar refractivity (Wildman–Crippen MR) is 109 cm³/mol. The van der Waals surface area contributed by atoms with Crippen molar-refractivity contribution in [1.29, 1.82) is 0 Å². The van der Waals surface area contributed by atoms with E-state index < -0.39 is 0 Å². The predicted octanol–water partition coefficient (Wildman–Crippen LogP) is 6.01. The molecule has 0 saturated heterocycles. The van der Waals surface area contributed by atoms with E-state index in [4.69, 9.17) is 9.47 Å². The summed E-state index contributed by atoms with van der Waals surface area (Å²) >= 11 is 0. The van der Waals surface area contributed by atoms with Crippen molar-refractivity contribution in [1.82, 2.24) is 0 Å². The summed E-state index contributed by atoms with van der Waals surface area (Å²) in [5.41, 5.74) is 1.13. The van der Waals surface area contributed by atoms with E-state index in [-0.39, 0.29) is 30.9 Å². The van der Waals surface area contributed by atoms with Crippen LogP contribution in [-0.4, -0.2) is 18.0 Å². The molecule has 0 aliphatic rings. The fourth-order valence-corrected chi connectivity index (χ4v) is 2.94. The Morgan fingerprint density at radius 1 is 0.926 bits per heavy atom. The van der Waals surface area contributed by atoms with Crippen LogP contribution in [0.2, 0.25) is 0 Å². The average molecular weight is 377 g/mol. The third kappa shape index (κ3) is 11.5. The van der Waals surface area contributed by atoms with Crippen LogP contribution < -0.4 is 4.74 Å². The molecule has 0 aliphatic carbocycles. The van der Waals surface area contributed by atoms with E-state index in [9.17, 15) is 9.59 Å². The Morgan fingerprint density at radius 3 is 2.37 bits per heavy atom. The van der Waals surface area contributed by atoms with Crippen molar-refractivity contribution in [3.05, 3.63) is 29.8 Å². The first-order chi connectivity index (χ1) is 13.0. The van der Waals surface area contributed by atoms with E-state index in [0.717, 1.165) is 24.8 Å². The minimum atomic E-state index is -0.309. The number of benzene rings is 1. The molecule has 0 amide bonds. The van der Waals surface area contributed by atoms with Gasteiger partial charge in [0, 0.05) is 12.8 Å². The number of rotatable bonds is 14. The Bertz CT molecular complexity index is 553. The first-order valence-electron chi connectivity index (χ1n) is 10.5. The standard InChI is InChI=1S/C23H36O4/c1-4-6-7-8-9-10-13-19(3)26-22(24)16-12-17-23(25)27-21-15-11-14-20(5-2)18-21/h11,14-15,18-19H,4-10,12-13,16-17H2,1-3H3. The summed E-state index contributed by atoms with van der Waals surface area (Å²) < 4.78 is 10.7. The van der Waals surface area contributed by atoms with Crippen molar-refractivity contribution in [2.24, 2.45) is 0 Å². The molecule has 4 nitrogen and oxygen atoms in total. The molecule has 0 saturated carbocycles. The van der Waals surface area contributed by atoms with Crippen LogP contribution in [0.5, 0.6) is 5.75 Å². The van der Waals surface area contributed by atoms with Crippen molar-refractivity contribution >= 4 is 11.9 Å². The van der Waals surface area contributed by atoms with Crippen LogP contribution in [0, 0.1) is 0 Å². The van der Waals surface area contributed by atoms with E-state index in [1.165, 1.54) is 32.1 Å². The molecular weight excluding hydrogens is 340 g/mol. The number of carbonyl (C=O) groups is 2. The first-order valence-corrected chi connectivity index (χ1v) is 10.5. The van der Waals surface area contributed by atoms with Crippen LogP contribution in [0.4, 0.5) is 0 Å². The number of hydrogen-bond acceptors (Lipinski definition) is 4. The van der Waals surface area contributed by atoms with Gasteiger partial charge in [0.1, 0.15) is 5.75 Å². The Balaban J connectivity index is 2.12. The third-order valence-electron chi connectivity index (χ3n) is 4.60. The molecular formula is C23H36O4. The lowest BCUT2D eigenvalue weighted by Crippen LogP contribution is -2.15. The van der Waals surface area contributed by atoms with Crippen LogP contribution in [0.3, 0.4) is 0 Å². The molecule has 1 atom stereocenters. The van der Waals surface area contributed by atoms with Crippen molar-refractivity contribution in [3.8, 4) is 5.75 Å². The molecule has 1 unspecified atom stereocenters. The summed E-state index contributed by atoms with van der Waals surface area (Å²) in [6.07, 6.45) is 10.1. The molecule has 0 spiro atoms. The SMILES string of the molecule is CCCCCCCCC(C)OC(=O)CCCC(=O)Oc1cccc(CC)c1. The minimum absolute atomic E-state index is 0.0487. The number of esters is 2. The average Bonchev–Trinajstić information content (AvgIpc) is 2.64. The highest BCUT2D eigenvalue weighted by atomic mass is 16.5. The van der Waals surface area contributed by atoms with Gasteiger partial charge in [-0.25, -0.2) is 0 Å².